The van der Waals surface area contributed by atoms with E-state index < -0.39 is 0 Å². The van der Waals surface area contributed by atoms with E-state index in [0.29, 0.717) is 18.1 Å². The second kappa shape index (κ2) is 3.90. The monoisotopic (exact) mass is 261 g/mol. The third-order valence-corrected chi connectivity index (χ3v) is 5.00. The molecule has 0 amide bonds. The van der Waals surface area contributed by atoms with E-state index in [-0.39, 0.29) is 0 Å². The topological polar surface area (TPSA) is 47.0 Å². The Hall–Kier alpha value is -1.20. The number of nitrogens with one attached hydrogen (secondary N) is 1. The van der Waals surface area contributed by atoms with Crippen molar-refractivity contribution in [2.24, 2.45) is 5.92 Å². The molecule has 5 heteroatoms. The molecule has 1 aliphatic heterocycles. The number of anilines is 1. The van der Waals surface area contributed by atoms with E-state index in [2.05, 4.69) is 28.3 Å². The lowest BCUT2D eigenvalue weighted by molar-refractivity contribution is 0.0247. The van der Waals surface area contributed by atoms with Crippen molar-refractivity contribution >= 4 is 27.4 Å². The van der Waals surface area contributed by atoms with E-state index in [1.165, 1.54) is 11.3 Å². The summed E-state index contributed by atoms with van der Waals surface area (Å²) in [6, 6.07) is 2.69. The second-order valence-electron chi connectivity index (χ2n) is 5.15. The molecule has 3 heterocycles. The van der Waals surface area contributed by atoms with Crippen molar-refractivity contribution in [2.75, 3.05) is 11.9 Å². The van der Waals surface area contributed by atoms with E-state index in [1.54, 1.807) is 17.7 Å². The molecule has 18 heavy (non-hydrogen) atoms. The van der Waals surface area contributed by atoms with Crippen LogP contribution in [0.5, 0.6) is 0 Å². The third kappa shape index (κ3) is 1.54. The lowest BCUT2D eigenvalue weighted by atomic mass is 9.76. The minimum atomic E-state index is 0.490. The Morgan fingerprint density at radius 1 is 1.44 bits per heavy atom. The van der Waals surface area contributed by atoms with Crippen LogP contribution < -0.4 is 5.32 Å². The number of hydrogen-bond donors (Lipinski definition) is 1. The molecule has 1 saturated carbocycles. The summed E-state index contributed by atoms with van der Waals surface area (Å²) in [4.78, 5) is 11.1. The van der Waals surface area contributed by atoms with Gasteiger partial charge in [-0.2, -0.15) is 0 Å². The fraction of sp³-hybridized carbons (Fsp3) is 0.538. The van der Waals surface area contributed by atoms with Crippen LogP contribution in [-0.4, -0.2) is 28.7 Å². The maximum Gasteiger partial charge on any atom is 0.138 e. The summed E-state index contributed by atoms with van der Waals surface area (Å²) in [6.07, 6.45) is 4.43. The Kier molecular flexibility index (Phi) is 2.32. The molecule has 0 aromatic carbocycles. The predicted octanol–water partition coefficient (Wildman–Crippen LogP) is 2.59. The Bertz CT molecular complexity index is 597. The van der Waals surface area contributed by atoms with E-state index in [9.17, 15) is 0 Å². The minimum Gasteiger partial charge on any atom is -0.378 e. The van der Waals surface area contributed by atoms with Gasteiger partial charge in [-0.05, 0) is 25.8 Å². The summed E-state index contributed by atoms with van der Waals surface area (Å²) in [6.45, 7) is 3.03. The highest BCUT2D eigenvalue weighted by Crippen LogP contribution is 2.41. The largest absolute Gasteiger partial charge is 0.378 e. The van der Waals surface area contributed by atoms with Crippen molar-refractivity contribution in [2.45, 2.75) is 31.9 Å². The molecule has 94 valence electrons. The van der Waals surface area contributed by atoms with Gasteiger partial charge < -0.3 is 10.1 Å². The molecule has 0 spiro atoms. The molecule has 2 fully saturated rings. The molecule has 4 nitrogen and oxygen atoms in total. The van der Waals surface area contributed by atoms with Gasteiger partial charge in [0.05, 0.1) is 11.5 Å². The first-order chi connectivity index (χ1) is 8.81. The van der Waals surface area contributed by atoms with Gasteiger partial charge in [-0.25, -0.2) is 9.97 Å². The molecular weight excluding hydrogens is 246 g/mol. The van der Waals surface area contributed by atoms with Gasteiger partial charge in [0.15, 0.2) is 0 Å². The zero-order chi connectivity index (χ0) is 12.1. The number of ether oxygens (including phenoxy) is 1. The van der Waals surface area contributed by atoms with Crippen LogP contribution in [0.4, 0.5) is 5.82 Å². The molecule has 4 rings (SSSR count). The van der Waals surface area contributed by atoms with Crippen molar-refractivity contribution in [3.63, 3.8) is 0 Å². The molecule has 1 aliphatic carbocycles. The van der Waals surface area contributed by atoms with Gasteiger partial charge in [-0.3, -0.25) is 0 Å². The zero-order valence-electron chi connectivity index (χ0n) is 10.2. The molecule has 2 aromatic heterocycles. The van der Waals surface area contributed by atoms with Crippen LogP contribution in [0.3, 0.4) is 0 Å². The first-order valence-corrected chi connectivity index (χ1v) is 7.22. The van der Waals surface area contributed by atoms with Gasteiger partial charge in [-0.15, -0.1) is 11.3 Å². The first-order valence-electron chi connectivity index (χ1n) is 6.40. The lowest BCUT2D eigenvalue weighted by Crippen LogP contribution is -2.47. The summed E-state index contributed by atoms with van der Waals surface area (Å²) in [5, 5.41) is 4.74. The number of fused-ring (bicyclic) bond motifs is 2. The zero-order valence-corrected chi connectivity index (χ0v) is 11.0. The molecule has 1 N–H and O–H groups in total. The predicted molar refractivity (Wildman–Crippen MR) is 72.0 cm³/mol. The summed E-state index contributed by atoms with van der Waals surface area (Å²) in [5.41, 5.74) is 0. The highest BCUT2D eigenvalue weighted by Gasteiger charge is 2.45. The van der Waals surface area contributed by atoms with Gasteiger partial charge in [0, 0.05) is 23.4 Å². The SMILES string of the molecule is Cc1cc2c(N[C@@H]3C[C@@H]4OCC[C@@H]43)ncnc2s1. The van der Waals surface area contributed by atoms with E-state index in [4.69, 9.17) is 4.74 Å². The normalized spacial score (nSPS) is 30.2. The van der Waals surface area contributed by atoms with Gasteiger partial charge in [-0.1, -0.05) is 0 Å². The van der Waals surface area contributed by atoms with Crippen LogP contribution in [0, 0.1) is 12.8 Å². The maximum atomic E-state index is 5.64. The molecule has 2 aromatic rings. The average Bonchev–Trinajstić information content (AvgIpc) is 2.88. The molecule has 0 radical (unpaired) electrons. The van der Waals surface area contributed by atoms with Crippen molar-refractivity contribution in [3.05, 3.63) is 17.3 Å². The molecule has 0 unspecified atom stereocenters. The van der Waals surface area contributed by atoms with Crippen LogP contribution in [-0.2, 0) is 4.74 Å². The lowest BCUT2D eigenvalue weighted by Gasteiger charge is -2.39. The molecule has 1 saturated heterocycles. The molecule has 2 aliphatic rings. The number of nitrogens with zero attached hydrogens (tertiary/aromatic N) is 2. The maximum absolute atomic E-state index is 5.64. The van der Waals surface area contributed by atoms with Crippen molar-refractivity contribution < 1.29 is 4.74 Å². The fourth-order valence-corrected chi connectivity index (χ4v) is 3.88. The standard InChI is InChI=1S/C13H15N3OS/c1-7-4-9-12(14-6-15-13(9)18-7)16-10-5-11-8(10)2-3-17-11/h4,6,8,10-11H,2-3,5H2,1H3,(H,14,15,16)/t8-,10-,11+/m1/s1. The molecular formula is C13H15N3OS. The van der Waals surface area contributed by atoms with Crippen LogP contribution in [0.15, 0.2) is 12.4 Å². The van der Waals surface area contributed by atoms with Gasteiger partial charge in [0.2, 0.25) is 0 Å². The molecule has 0 bridgehead atoms. The fourth-order valence-electron chi connectivity index (χ4n) is 3.03. The van der Waals surface area contributed by atoms with Crippen molar-refractivity contribution in [3.8, 4) is 0 Å². The number of thiophene rings is 1. The molecule has 3 atom stereocenters. The summed E-state index contributed by atoms with van der Waals surface area (Å²) in [5.74, 6) is 1.66. The van der Waals surface area contributed by atoms with Crippen LogP contribution in [0.2, 0.25) is 0 Å². The van der Waals surface area contributed by atoms with Crippen LogP contribution in [0.25, 0.3) is 10.2 Å². The van der Waals surface area contributed by atoms with E-state index in [1.807, 2.05) is 0 Å². The van der Waals surface area contributed by atoms with Crippen LogP contribution in [0.1, 0.15) is 17.7 Å². The van der Waals surface area contributed by atoms with Gasteiger partial charge in [0.25, 0.3) is 0 Å². The second-order valence-corrected chi connectivity index (χ2v) is 6.38. The minimum absolute atomic E-state index is 0.490. The first kappa shape index (κ1) is 10.7. The van der Waals surface area contributed by atoms with Crippen LogP contribution >= 0.6 is 11.3 Å². The highest BCUT2D eigenvalue weighted by atomic mass is 32.1. The number of aryl methyl sites for hydroxylation is 1. The van der Waals surface area contributed by atoms with E-state index in [0.717, 1.165) is 29.1 Å². The quantitative estimate of drug-likeness (QED) is 0.902. The Morgan fingerprint density at radius 2 is 2.39 bits per heavy atom. The average molecular weight is 261 g/mol. The van der Waals surface area contributed by atoms with Crippen molar-refractivity contribution in [1.29, 1.82) is 0 Å². The number of rotatable bonds is 2. The Labute approximate surface area is 109 Å². The number of aromatic nitrogens is 2. The van der Waals surface area contributed by atoms with Gasteiger partial charge >= 0.3 is 0 Å². The summed E-state index contributed by atoms with van der Waals surface area (Å²) < 4.78 is 5.64. The van der Waals surface area contributed by atoms with E-state index >= 15 is 0 Å². The summed E-state index contributed by atoms with van der Waals surface area (Å²) >= 11 is 1.72. The summed E-state index contributed by atoms with van der Waals surface area (Å²) in [7, 11) is 0. The highest BCUT2D eigenvalue weighted by molar-refractivity contribution is 7.18. The van der Waals surface area contributed by atoms with Gasteiger partial charge in [0.1, 0.15) is 17.0 Å². The Morgan fingerprint density at radius 3 is 3.28 bits per heavy atom. The smallest absolute Gasteiger partial charge is 0.138 e. The number of hydrogen-bond acceptors (Lipinski definition) is 5. The third-order valence-electron chi connectivity index (χ3n) is 4.04. The van der Waals surface area contributed by atoms with Crippen molar-refractivity contribution in [1.82, 2.24) is 9.97 Å². The Balaban J connectivity index is 1.63.